The Hall–Kier alpha value is -2.76. The molecule has 0 aliphatic carbocycles. The summed E-state index contributed by atoms with van der Waals surface area (Å²) in [4.78, 5) is 26.1. The van der Waals surface area contributed by atoms with Crippen LogP contribution in [0.1, 0.15) is 18.6 Å². The van der Waals surface area contributed by atoms with E-state index in [0.29, 0.717) is 36.6 Å². The maximum atomic E-state index is 12.4. The van der Waals surface area contributed by atoms with E-state index in [9.17, 15) is 9.59 Å². The van der Waals surface area contributed by atoms with Crippen LogP contribution in [0.25, 0.3) is 0 Å². The summed E-state index contributed by atoms with van der Waals surface area (Å²) in [7, 11) is 1.58. The van der Waals surface area contributed by atoms with Gasteiger partial charge in [-0.2, -0.15) is 0 Å². The van der Waals surface area contributed by atoms with E-state index in [1.807, 2.05) is 0 Å². The number of methoxy groups -OCH3 is 1. The van der Waals surface area contributed by atoms with Crippen molar-refractivity contribution in [3.8, 4) is 5.75 Å². The van der Waals surface area contributed by atoms with Crippen molar-refractivity contribution in [2.75, 3.05) is 12.0 Å². The molecule has 1 aliphatic heterocycles. The van der Waals surface area contributed by atoms with Crippen molar-refractivity contribution >= 4 is 17.5 Å². The first kappa shape index (κ1) is 15.1. The number of ether oxygens (including phenoxy) is 1. The van der Waals surface area contributed by atoms with Gasteiger partial charge in [0, 0.05) is 12.1 Å². The molecule has 1 fully saturated rings. The van der Waals surface area contributed by atoms with Crippen molar-refractivity contribution in [1.82, 2.24) is 5.32 Å². The summed E-state index contributed by atoms with van der Waals surface area (Å²) in [5, 5.41) is 2.82. The normalized spacial score (nSPS) is 17.3. The number of rotatable bonds is 5. The van der Waals surface area contributed by atoms with Gasteiger partial charge in [0.1, 0.15) is 17.6 Å². The molecule has 120 valence electrons. The van der Waals surface area contributed by atoms with E-state index < -0.39 is 6.04 Å². The fourth-order valence-corrected chi connectivity index (χ4v) is 2.70. The van der Waals surface area contributed by atoms with Gasteiger partial charge in [-0.05, 0) is 42.8 Å². The molecule has 6 nitrogen and oxygen atoms in total. The average Bonchev–Trinajstić information content (AvgIpc) is 3.22. The highest BCUT2D eigenvalue weighted by molar-refractivity contribution is 6.03. The van der Waals surface area contributed by atoms with Crippen LogP contribution >= 0.6 is 0 Å². The number of nitrogens with zero attached hydrogens (tertiary/aromatic N) is 1. The molecule has 2 aromatic rings. The maximum Gasteiger partial charge on any atom is 0.243 e. The van der Waals surface area contributed by atoms with Crippen LogP contribution < -0.4 is 15.0 Å². The largest absolute Gasteiger partial charge is 0.497 e. The first-order valence-corrected chi connectivity index (χ1v) is 7.45. The molecule has 0 saturated carbocycles. The molecular formula is C17H18N2O4. The number of nitrogens with one attached hydrogen (secondary N) is 1. The van der Waals surface area contributed by atoms with Gasteiger partial charge in [-0.25, -0.2) is 0 Å². The molecule has 23 heavy (non-hydrogen) atoms. The molecule has 1 aromatic heterocycles. The second-order valence-electron chi connectivity index (χ2n) is 5.31. The Morgan fingerprint density at radius 3 is 2.78 bits per heavy atom. The Labute approximate surface area is 134 Å². The molecule has 0 bridgehead atoms. The molecule has 0 spiro atoms. The van der Waals surface area contributed by atoms with Gasteiger partial charge in [-0.15, -0.1) is 0 Å². The summed E-state index contributed by atoms with van der Waals surface area (Å²) in [5.41, 5.74) is 0.700. The number of amides is 2. The van der Waals surface area contributed by atoms with Crippen LogP contribution in [0.5, 0.6) is 5.75 Å². The zero-order chi connectivity index (χ0) is 16.2. The van der Waals surface area contributed by atoms with Crippen molar-refractivity contribution in [3.05, 3.63) is 48.4 Å². The molecular weight excluding hydrogens is 296 g/mol. The monoisotopic (exact) mass is 314 g/mol. The Bertz CT molecular complexity index is 679. The fraction of sp³-hybridized carbons (Fsp3) is 0.294. The van der Waals surface area contributed by atoms with E-state index in [1.54, 1.807) is 54.7 Å². The maximum absolute atomic E-state index is 12.4. The molecule has 1 atom stereocenters. The Balaban J connectivity index is 1.71. The molecule has 0 radical (unpaired) electrons. The predicted molar refractivity (Wildman–Crippen MR) is 84.1 cm³/mol. The topological polar surface area (TPSA) is 71.8 Å². The van der Waals surface area contributed by atoms with Gasteiger partial charge in [0.15, 0.2) is 0 Å². The van der Waals surface area contributed by atoms with Crippen LogP contribution in [0.2, 0.25) is 0 Å². The van der Waals surface area contributed by atoms with E-state index in [2.05, 4.69) is 5.32 Å². The minimum atomic E-state index is -0.495. The quantitative estimate of drug-likeness (QED) is 0.917. The summed E-state index contributed by atoms with van der Waals surface area (Å²) < 4.78 is 10.3. The standard InChI is InChI=1S/C17H18N2O4/c1-22-13-6-4-12(5-7-13)19-15(8-9-16(19)20)17(21)18-11-14-3-2-10-23-14/h2-7,10,15H,8-9,11H2,1H3,(H,18,21). The molecule has 2 heterocycles. The average molecular weight is 314 g/mol. The number of furan rings is 1. The number of anilines is 1. The SMILES string of the molecule is COc1ccc(N2C(=O)CCC2C(=O)NCc2ccco2)cc1. The summed E-state index contributed by atoms with van der Waals surface area (Å²) in [6.07, 6.45) is 2.43. The van der Waals surface area contributed by atoms with Gasteiger partial charge < -0.3 is 14.5 Å². The third kappa shape index (κ3) is 3.21. The van der Waals surface area contributed by atoms with Gasteiger partial charge in [-0.1, -0.05) is 0 Å². The molecule has 2 amide bonds. The van der Waals surface area contributed by atoms with Crippen molar-refractivity contribution in [1.29, 1.82) is 0 Å². The Morgan fingerprint density at radius 2 is 2.13 bits per heavy atom. The van der Waals surface area contributed by atoms with Gasteiger partial charge in [0.05, 0.1) is 19.9 Å². The summed E-state index contributed by atoms with van der Waals surface area (Å²) >= 11 is 0. The van der Waals surface area contributed by atoms with Crippen LogP contribution in [0.15, 0.2) is 47.1 Å². The minimum absolute atomic E-state index is 0.0479. The number of hydrogen-bond acceptors (Lipinski definition) is 4. The highest BCUT2D eigenvalue weighted by atomic mass is 16.5. The molecule has 3 rings (SSSR count). The number of carbonyl (C=O) groups excluding carboxylic acids is 2. The molecule has 1 aliphatic rings. The third-order valence-corrected chi connectivity index (χ3v) is 3.88. The highest BCUT2D eigenvalue weighted by Gasteiger charge is 2.36. The lowest BCUT2D eigenvalue weighted by molar-refractivity contribution is -0.124. The van der Waals surface area contributed by atoms with E-state index in [-0.39, 0.29) is 11.8 Å². The van der Waals surface area contributed by atoms with Crippen molar-refractivity contribution in [2.45, 2.75) is 25.4 Å². The molecule has 1 saturated heterocycles. The van der Waals surface area contributed by atoms with Crippen molar-refractivity contribution in [2.24, 2.45) is 0 Å². The zero-order valence-corrected chi connectivity index (χ0v) is 12.8. The number of carbonyl (C=O) groups is 2. The predicted octanol–water partition coefficient (Wildman–Crippen LogP) is 2.10. The minimum Gasteiger partial charge on any atom is -0.497 e. The lowest BCUT2D eigenvalue weighted by Gasteiger charge is -2.24. The van der Waals surface area contributed by atoms with Crippen LogP contribution in [0.4, 0.5) is 5.69 Å². The van der Waals surface area contributed by atoms with E-state index in [1.165, 1.54) is 0 Å². The first-order chi connectivity index (χ1) is 11.2. The summed E-state index contributed by atoms with van der Waals surface area (Å²) in [6, 6.07) is 10.2. The number of hydrogen-bond donors (Lipinski definition) is 1. The van der Waals surface area contributed by atoms with Crippen molar-refractivity contribution < 1.29 is 18.7 Å². The zero-order valence-electron chi connectivity index (χ0n) is 12.8. The lowest BCUT2D eigenvalue weighted by Crippen LogP contribution is -2.44. The second-order valence-corrected chi connectivity index (χ2v) is 5.31. The van der Waals surface area contributed by atoms with Crippen LogP contribution in [0.3, 0.4) is 0 Å². The van der Waals surface area contributed by atoms with Gasteiger partial charge in [0.25, 0.3) is 0 Å². The first-order valence-electron chi connectivity index (χ1n) is 7.45. The number of benzene rings is 1. The van der Waals surface area contributed by atoms with Gasteiger partial charge in [0.2, 0.25) is 11.8 Å². The van der Waals surface area contributed by atoms with Crippen LogP contribution in [0, 0.1) is 0 Å². The highest BCUT2D eigenvalue weighted by Crippen LogP contribution is 2.28. The van der Waals surface area contributed by atoms with E-state index in [4.69, 9.17) is 9.15 Å². The molecule has 1 unspecified atom stereocenters. The van der Waals surface area contributed by atoms with Crippen molar-refractivity contribution in [3.63, 3.8) is 0 Å². The van der Waals surface area contributed by atoms with E-state index >= 15 is 0 Å². The van der Waals surface area contributed by atoms with Crippen LogP contribution in [-0.4, -0.2) is 25.0 Å². The lowest BCUT2D eigenvalue weighted by atomic mass is 10.2. The molecule has 6 heteroatoms. The third-order valence-electron chi connectivity index (χ3n) is 3.88. The second kappa shape index (κ2) is 6.56. The molecule has 1 N–H and O–H groups in total. The fourth-order valence-electron chi connectivity index (χ4n) is 2.70. The summed E-state index contributed by atoms with van der Waals surface area (Å²) in [5.74, 6) is 1.16. The Kier molecular flexibility index (Phi) is 4.32. The van der Waals surface area contributed by atoms with Crippen LogP contribution in [-0.2, 0) is 16.1 Å². The Morgan fingerprint density at radius 1 is 1.35 bits per heavy atom. The van der Waals surface area contributed by atoms with Gasteiger partial charge >= 0.3 is 0 Å². The summed E-state index contributed by atoms with van der Waals surface area (Å²) in [6.45, 7) is 0.312. The molecule has 1 aromatic carbocycles. The smallest absolute Gasteiger partial charge is 0.243 e. The van der Waals surface area contributed by atoms with Gasteiger partial charge in [-0.3, -0.25) is 14.5 Å². The van der Waals surface area contributed by atoms with E-state index in [0.717, 1.165) is 0 Å².